The first-order valence-corrected chi connectivity index (χ1v) is 3.62. The second-order valence-corrected chi connectivity index (χ2v) is 3.48. The molecule has 0 rings (SSSR count). The second-order valence-electron chi connectivity index (χ2n) is 3.48. The van der Waals surface area contributed by atoms with Crippen LogP contribution in [0.15, 0.2) is 0 Å². The number of terminal acetylenes is 1. The van der Waals surface area contributed by atoms with Crippen LogP contribution in [0.4, 0.5) is 4.79 Å². The number of carbonyl (C=O) groups is 1. The van der Waals surface area contributed by atoms with Crippen LogP contribution in [0.25, 0.3) is 0 Å². The van der Waals surface area contributed by atoms with Gasteiger partial charge in [-0.2, -0.15) is 0 Å². The molecule has 0 aliphatic carbocycles. The number of hydrogen-bond acceptors (Lipinski definition) is 3. The lowest BCUT2D eigenvalue weighted by atomic mass is 9.90. The van der Waals surface area contributed by atoms with Crippen molar-refractivity contribution in [2.24, 2.45) is 5.41 Å². The fourth-order valence-electron chi connectivity index (χ4n) is 0.605. The highest BCUT2D eigenvalue weighted by Gasteiger charge is 2.26. The first-order valence-electron chi connectivity index (χ1n) is 3.62. The molecule has 3 nitrogen and oxygen atoms in total. The third-order valence-corrected chi connectivity index (χ3v) is 1.32. The summed E-state index contributed by atoms with van der Waals surface area (Å²) in [7, 11) is 1.25. The zero-order valence-corrected chi connectivity index (χ0v) is 7.88. The van der Waals surface area contributed by atoms with Gasteiger partial charge in [-0.05, 0) is 0 Å². The van der Waals surface area contributed by atoms with Gasteiger partial charge in [0.15, 0.2) is 6.10 Å². The monoisotopic (exact) mass is 170 g/mol. The van der Waals surface area contributed by atoms with Gasteiger partial charge < -0.3 is 9.47 Å². The van der Waals surface area contributed by atoms with Gasteiger partial charge in [0, 0.05) is 5.41 Å². The molecule has 0 fully saturated rings. The Labute approximate surface area is 73.0 Å². The normalized spacial score (nSPS) is 12.9. The van der Waals surface area contributed by atoms with Crippen molar-refractivity contribution in [3.8, 4) is 12.3 Å². The van der Waals surface area contributed by atoms with Gasteiger partial charge in [-0.25, -0.2) is 4.79 Å². The molecular weight excluding hydrogens is 156 g/mol. The maximum atomic E-state index is 10.7. The highest BCUT2D eigenvalue weighted by atomic mass is 16.7. The molecule has 0 aliphatic rings. The average Bonchev–Trinajstić information content (AvgIpc) is 1.97. The molecule has 0 saturated heterocycles. The summed E-state index contributed by atoms with van der Waals surface area (Å²) in [6.07, 6.45) is 3.89. The van der Waals surface area contributed by atoms with Gasteiger partial charge in [0.1, 0.15) is 0 Å². The van der Waals surface area contributed by atoms with Crippen LogP contribution in [0.1, 0.15) is 20.8 Å². The Morgan fingerprint density at radius 2 is 2.00 bits per heavy atom. The Morgan fingerprint density at radius 1 is 1.50 bits per heavy atom. The number of rotatable bonds is 1. The Balaban J connectivity index is 4.22. The van der Waals surface area contributed by atoms with Crippen LogP contribution in [0, 0.1) is 17.8 Å². The maximum absolute atomic E-state index is 10.7. The molecule has 0 aliphatic heterocycles. The summed E-state index contributed by atoms with van der Waals surface area (Å²) in [6.45, 7) is 5.67. The van der Waals surface area contributed by atoms with E-state index in [0.29, 0.717) is 0 Å². The highest BCUT2D eigenvalue weighted by Crippen LogP contribution is 2.21. The van der Waals surface area contributed by atoms with E-state index in [1.807, 2.05) is 20.8 Å². The Hall–Kier alpha value is -1.17. The van der Waals surface area contributed by atoms with Gasteiger partial charge >= 0.3 is 6.16 Å². The minimum absolute atomic E-state index is 0.261. The van der Waals surface area contributed by atoms with Crippen LogP contribution in [-0.4, -0.2) is 19.4 Å². The van der Waals surface area contributed by atoms with E-state index in [1.165, 1.54) is 7.11 Å². The van der Waals surface area contributed by atoms with Crippen LogP contribution in [0.2, 0.25) is 0 Å². The van der Waals surface area contributed by atoms with Crippen LogP contribution < -0.4 is 0 Å². The van der Waals surface area contributed by atoms with E-state index in [2.05, 4.69) is 10.7 Å². The highest BCUT2D eigenvalue weighted by molar-refractivity contribution is 5.60. The molecule has 3 heteroatoms. The summed E-state index contributed by atoms with van der Waals surface area (Å²) in [6, 6.07) is 0. The minimum atomic E-state index is -0.743. The van der Waals surface area contributed by atoms with Crippen molar-refractivity contribution >= 4 is 6.16 Å². The van der Waals surface area contributed by atoms with E-state index in [0.717, 1.165) is 0 Å². The predicted octanol–water partition coefficient (Wildman–Crippen LogP) is 1.82. The molecule has 0 aromatic carbocycles. The fourth-order valence-corrected chi connectivity index (χ4v) is 0.605. The Morgan fingerprint density at radius 3 is 2.25 bits per heavy atom. The lowest BCUT2D eigenvalue weighted by molar-refractivity contribution is 0.0187. The molecule has 0 aromatic rings. The summed E-state index contributed by atoms with van der Waals surface area (Å²) in [5.41, 5.74) is -0.261. The maximum Gasteiger partial charge on any atom is 0.509 e. The van der Waals surface area contributed by atoms with Crippen LogP contribution >= 0.6 is 0 Å². The van der Waals surface area contributed by atoms with Crippen molar-refractivity contribution in [1.29, 1.82) is 0 Å². The predicted molar refractivity (Wildman–Crippen MR) is 45.6 cm³/mol. The average molecular weight is 170 g/mol. The summed E-state index contributed by atoms with van der Waals surface area (Å²) >= 11 is 0. The lowest BCUT2D eigenvalue weighted by Gasteiger charge is -2.24. The van der Waals surface area contributed by atoms with Crippen molar-refractivity contribution < 1.29 is 14.3 Å². The van der Waals surface area contributed by atoms with Crippen molar-refractivity contribution in [1.82, 2.24) is 0 Å². The zero-order chi connectivity index (χ0) is 9.78. The number of methoxy groups -OCH3 is 1. The van der Waals surface area contributed by atoms with Gasteiger partial charge in [-0.1, -0.05) is 26.7 Å². The lowest BCUT2D eigenvalue weighted by Crippen LogP contribution is -2.30. The van der Waals surface area contributed by atoms with Crippen LogP contribution in [0.3, 0.4) is 0 Å². The Kier molecular flexibility index (Phi) is 3.62. The number of ether oxygens (including phenoxy) is 2. The van der Waals surface area contributed by atoms with Gasteiger partial charge in [0.2, 0.25) is 0 Å². The van der Waals surface area contributed by atoms with Crippen LogP contribution in [0.5, 0.6) is 0 Å². The summed E-state index contributed by atoms with van der Waals surface area (Å²) < 4.78 is 9.14. The molecule has 0 radical (unpaired) electrons. The smallest absolute Gasteiger partial charge is 0.438 e. The quantitative estimate of drug-likeness (QED) is 0.444. The SMILES string of the molecule is C#CC(OC(=O)OC)C(C)(C)C. The molecule has 0 N–H and O–H groups in total. The van der Waals surface area contributed by atoms with Crippen molar-refractivity contribution in [2.45, 2.75) is 26.9 Å². The molecule has 0 amide bonds. The second kappa shape index (κ2) is 4.01. The fraction of sp³-hybridized carbons (Fsp3) is 0.667. The number of hydrogen-bond donors (Lipinski definition) is 0. The van der Waals surface area contributed by atoms with E-state index in [9.17, 15) is 4.79 Å². The first-order chi connectivity index (χ1) is 5.41. The molecule has 68 valence electrons. The van der Waals surface area contributed by atoms with Crippen molar-refractivity contribution in [2.75, 3.05) is 7.11 Å². The molecule has 0 aromatic heterocycles. The van der Waals surface area contributed by atoms with E-state index >= 15 is 0 Å². The molecular formula is C9H14O3. The molecule has 1 unspecified atom stereocenters. The number of carbonyl (C=O) groups excluding carboxylic acids is 1. The molecule has 0 heterocycles. The van der Waals surface area contributed by atoms with Crippen molar-refractivity contribution in [3.05, 3.63) is 0 Å². The van der Waals surface area contributed by atoms with Gasteiger partial charge in [0.25, 0.3) is 0 Å². The molecule has 1 atom stereocenters. The first kappa shape index (κ1) is 10.8. The van der Waals surface area contributed by atoms with Gasteiger partial charge in [-0.15, -0.1) is 6.42 Å². The summed E-state index contributed by atoms with van der Waals surface area (Å²) in [4.78, 5) is 10.7. The largest absolute Gasteiger partial charge is 0.509 e. The zero-order valence-electron chi connectivity index (χ0n) is 7.88. The summed E-state index contributed by atoms with van der Waals surface area (Å²) in [5, 5.41) is 0. The van der Waals surface area contributed by atoms with E-state index in [-0.39, 0.29) is 5.41 Å². The molecule has 0 spiro atoms. The molecule has 0 saturated carbocycles. The van der Waals surface area contributed by atoms with Crippen molar-refractivity contribution in [3.63, 3.8) is 0 Å². The van der Waals surface area contributed by atoms with Gasteiger partial charge in [0.05, 0.1) is 7.11 Å². The van der Waals surface area contributed by atoms with Crippen LogP contribution in [-0.2, 0) is 9.47 Å². The standard InChI is InChI=1S/C9H14O3/c1-6-7(9(2,3)4)12-8(10)11-5/h1,7H,2-5H3. The molecule has 12 heavy (non-hydrogen) atoms. The third-order valence-electron chi connectivity index (χ3n) is 1.32. The summed E-state index contributed by atoms with van der Waals surface area (Å²) in [5.74, 6) is 2.38. The third kappa shape index (κ3) is 3.29. The topological polar surface area (TPSA) is 35.5 Å². The minimum Gasteiger partial charge on any atom is -0.438 e. The van der Waals surface area contributed by atoms with Gasteiger partial charge in [-0.3, -0.25) is 0 Å². The molecule has 0 bridgehead atoms. The van der Waals surface area contributed by atoms with E-state index in [1.54, 1.807) is 0 Å². The van der Waals surface area contributed by atoms with E-state index in [4.69, 9.17) is 11.2 Å². The van der Waals surface area contributed by atoms with E-state index < -0.39 is 12.3 Å². The Bertz CT molecular complexity index is 195.